The zero-order valence-electron chi connectivity index (χ0n) is 10.6. The Morgan fingerprint density at radius 3 is 3.00 bits per heavy atom. The van der Waals surface area contributed by atoms with E-state index in [9.17, 15) is 10.1 Å². The van der Waals surface area contributed by atoms with Gasteiger partial charge in [0.15, 0.2) is 0 Å². The highest BCUT2D eigenvalue weighted by molar-refractivity contribution is 5.42. The first-order valence-corrected chi connectivity index (χ1v) is 6.04. The predicted molar refractivity (Wildman–Crippen MR) is 69.8 cm³/mol. The molecule has 7 heteroatoms. The van der Waals surface area contributed by atoms with Gasteiger partial charge in [-0.2, -0.15) is 0 Å². The van der Waals surface area contributed by atoms with E-state index in [1.807, 2.05) is 6.92 Å². The van der Waals surface area contributed by atoms with Gasteiger partial charge in [0.05, 0.1) is 28.5 Å². The minimum atomic E-state index is -0.440. The van der Waals surface area contributed by atoms with Crippen molar-refractivity contribution in [1.29, 1.82) is 0 Å². The van der Waals surface area contributed by atoms with Crippen LogP contribution in [0.15, 0.2) is 30.5 Å². The quantitative estimate of drug-likeness (QED) is 0.655. The largest absolute Gasteiger partial charge is 0.323 e. The highest BCUT2D eigenvalue weighted by atomic mass is 16.6. The van der Waals surface area contributed by atoms with Crippen LogP contribution in [0.25, 0.3) is 5.69 Å². The standard InChI is InChI=1S/C12H15N5O2/c1-2-4-11(13)12-8-16(15-14-12)9-5-3-6-10(7-9)17(18)19/h3,5-8,11H,2,4,13H2,1H3. The number of non-ortho nitro benzene ring substituents is 1. The van der Waals surface area contributed by atoms with Crippen molar-refractivity contribution in [2.24, 2.45) is 5.73 Å². The first kappa shape index (κ1) is 13.2. The fourth-order valence-corrected chi connectivity index (χ4v) is 1.78. The summed E-state index contributed by atoms with van der Waals surface area (Å²) in [5.41, 5.74) is 7.25. The number of hydrogen-bond acceptors (Lipinski definition) is 5. The summed E-state index contributed by atoms with van der Waals surface area (Å²) in [7, 11) is 0. The normalized spacial score (nSPS) is 12.3. The maximum absolute atomic E-state index is 10.7. The molecule has 2 rings (SSSR count). The highest BCUT2D eigenvalue weighted by Crippen LogP contribution is 2.18. The smallest absolute Gasteiger partial charge is 0.271 e. The minimum Gasteiger partial charge on any atom is -0.323 e. The average Bonchev–Trinajstić information content (AvgIpc) is 2.89. The van der Waals surface area contributed by atoms with Crippen LogP contribution in [0.5, 0.6) is 0 Å². The van der Waals surface area contributed by atoms with Crippen LogP contribution in [0, 0.1) is 10.1 Å². The van der Waals surface area contributed by atoms with E-state index in [0.29, 0.717) is 11.4 Å². The van der Waals surface area contributed by atoms with Crippen LogP contribution in [-0.2, 0) is 0 Å². The number of nitro benzene ring substituents is 1. The van der Waals surface area contributed by atoms with Gasteiger partial charge in [-0.1, -0.05) is 24.6 Å². The molecule has 1 unspecified atom stereocenters. The molecule has 1 heterocycles. The van der Waals surface area contributed by atoms with E-state index in [1.54, 1.807) is 18.3 Å². The predicted octanol–water partition coefficient (Wildman–Crippen LogP) is 1.98. The van der Waals surface area contributed by atoms with E-state index >= 15 is 0 Å². The Hall–Kier alpha value is -2.28. The van der Waals surface area contributed by atoms with Crippen LogP contribution < -0.4 is 5.73 Å². The summed E-state index contributed by atoms with van der Waals surface area (Å²) in [5, 5.41) is 18.7. The third-order valence-corrected chi connectivity index (χ3v) is 2.80. The van der Waals surface area contributed by atoms with Crippen molar-refractivity contribution in [2.45, 2.75) is 25.8 Å². The van der Waals surface area contributed by atoms with Gasteiger partial charge in [-0.25, -0.2) is 4.68 Å². The fraction of sp³-hybridized carbons (Fsp3) is 0.333. The average molecular weight is 261 g/mol. The summed E-state index contributed by atoms with van der Waals surface area (Å²) in [6.45, 7) is 2.05. The Kier molecular flexibility index (Phi) is 3.86. The lowest BCUT2D eigenvalue weighted by atomic mass is 10.1. The van der Waals surface area contributed by atoms with Gasteiger partial charge < -0.3 is 5.73 Å². The number of benzene rings is 1. The second-order valence-electron chi connectivity index (χ2n) is 4.26. The molecule has 1 aromatic heterocycles. The molecule has 1 atom stereocenters. The van der Waals surface area contributed by atoms with Crippen molar-refractivity contribution in [3.63, 3.8) is 0 Å². The molecule has 0 aliphatic rings. The second-order valence-corrected chi connectivity index (χ2v) is 4.26. The molecular formula is C12H15N5O2. The summed E-state index contributed by atoms with van der Waals surface area (Å²) < 4.78 is 1.50. The highest BCUT2D eigenvalue weighted by Gasteiger charge is 2.12. The first-order chi connectivity index (χ1) is 9.11. The van der Waals surface area contributed by atoms with Crippen molar-refractivity contribution < 1.29 is 4.92 Å². The number of rotatable bonds is 5. The maximum atomic E-state index is 10.7. The summed E-state index contributed by atoms with van der Waals surface area (Å²) in [5.74, 6) is 0. The van der Waals surface area contributed by atoms with Gasteiger partial charge in [0.25, 0.3) is 5.69 Å². The Morgan fingerprint density at radius 2 is 2.32 bits per heavy atom. The molecular weight excluding hydrogens is 246 g/mol. The minimum absolute atomic E-state index is 0.0207. The Balaban J connectivity index is 2.27. The van der Waals surface area contributed by atoms with E-state index in [-0.39, 0.29) is 11.7 Å². The maximum Gasteiger partial charge on any atom is 0.271 e. The molecule has 2 aromatic rings. The first-order valence-electron chi connectivity index (χ1n) is 6.04. The van der Waals surface area contributed by atoms with Crippen LogP contribution in [0.3, 0.4) is 0 Å². The molecule has 0 fully saturated rings. The second kappa shape index (κ2) is 5.57. The van der Waals surface area contributed by atoms with Crippen LogP contribution in [-0.4, -0.2) is 19.9 Å². The molecule has 0 spiro atoms. The van der Waals surface area contributed by atoms with Crippen LogP contribution >= 0.6 is 0 Å². The van der Waals surface area contributed by atoms with Gasteiger partial charge in [-0.3, -0.25) is 10.1 Å². The molecule has 0 aliphatic carbocycles. The van der Waals surface area contributed by atoms with Gasteiger partial charge in [0.2, 0.25) is 0 Å². The molecule has 0 bridgehead atoms. The van der Waals surface area contributed by atoms with Gasteiger partial charge in [0.1, 0.15) is 0 Å². The zero-order valence-corrected chi connectivity index (χ0v) is 10.6. The Labute approximate surface area is 110 Å². The van der Waals surface area contributed by atoms with E-state index < -0.39 is 4.92 Å². The molecule has 0 saturated carbocycles. The molecule has 0 amide bonds. The molecule has 0 radical (unpaired) electrons. The van der Waals surface area contributed by atoms with E-state index in [4.69, 9.17) is 5.73 Å². The number of nitrogens with two attached hydrogens (primary N) is 1. The third-order valence-electron chi connectivity index (χ3n) is 2.80. The SMILES string of the molecule is CCCC(N)c1cn(-c2cccc([N+](=O)[O-])c2)nn1. The molecule has 1 aromatic carbocycles. The zero-order chi connectivity index (χ0) is 13.8. The molecule has 100 valence electrons. The van der Waals surface area contributed by atoms with Gasteiger partial charge >= 0.3 is 0 Å². The Morgan fingerprint density at radius 1 is 1.53 bits per heavy atom. The van der Waals surface area contributed by atoms with E-state index in [0.717, 1.165) is 12.8 Å². The summed E-state index contributed by atoms with van der Waals surface area (Å²) in [4.78, 5) is 10.3. The van der Waals surface area contributed by atoms with Crippen molar-refractivity contribution >= 4 is 5.69 Å². The lowest BCUT2D eigenvalue weighted by Gasteiger charge is -2.04. The van der Waals surface area contributed by atoms with Crippen LogP contribution in [0.1, 0.15) is 31.5 Å². The number of nitro groups is 1. The monoisotopic (exact) mass is 261 g/mol. The van der Waals surface area contributed by atoms with Gasteiger partial charge in [-0.05, 0) is 12.5 Å². The molecule has 0 saturated heterocycles. The van der Waals surface area contributed by atoms with Crippen molar-refractivity contribution in [3.05, 3.63) is 46.3 Å². The number of nitrogens with zero attached hydrogens (tertiary/aromatic N) is 4. The third kappa shape index (κ3) is 2.94. The van der Waals surface area contributed by atoms with E-state index in [1.165, 1.54) is 16.8 Å². The lowest BCUT2D eigenvalue weighted by Crippen LogP contribution is -2.10. The van der Waals surface area contributed by atoms with Crippen molar-refractivity contribution in [1.82, 2.24) is 15.0 Å². The van der Waals surface area contributed by atoms with Crippen LogP contribution in [0.4, 0.5) is 5.69 Å². The summed E-state index contributed by atoms with van der Waals surface area (Å²) in [6.07, 6.45) is 3.50. The van der Waals surface area contributed by atoms with Crippen molar-refractivity contribution in [2.75, 3.05) is 0 Å². The molecule has 0 aliphatic heterocycles. The number of hydrogen-bond donors (Lipinski definition) is 1. The van der Waals surface area contributed by atoms with Gasteiger partial charge in [0, 0.05) is 12.1 Å². The number of aromatic nitrogens is 3. The molecule has 7 nitrogen and oxygen atoms in total. The summed E-state index contributed by atoms with van der Waals surface area (Å²) in [6, 6.07) is 6.07. The Bertz CT molecular complexity index is 581. The van der Waals surface area contributed by atoms with Gasteiger partial charge in [-0.15, -0.1) is 5.10 Å². The molecule has 19 heavy (non-hydrogen) atoms. The van der Waals surface area contributed by atoms with Crippen molar-refractivity contribution in [3.8, 4) is 5.69 Å². The summed E-state index contributed by atoms with van der Waals surface area (Å²) >= 11 is 0. The fourth-order valence-electron chi connectivity index (χ4n) is 1.78. The lowest BCUT2D eigenvalue weighted by molar-refractivity contribution is -0.384. The van der Waals surface area contributed by atoms with Crippen LogP contribution in [0.2, 0.25) is 0 Å². The van der Waals surface area contributed by atoms with E-state index in [2.05, 4.69) is 10.3 Å². The molecule has 2 N–H and O–H groups in total. The topological polar surface area (TPSA) is 99.9 Å².